The highest BCUT2D eigenvalue weighted by Gasteiger charge is 2.41. The maximum atomic E-state index is 14.6. The molecule has 0 atom stereocenters. The van der Waals surface area contributed by atoms with E-state index in [0.717, 1.165) is 16.0 Å². The number of amides is 2. The fourth-order valence-corrected chi connectivity index (χ4v) is 3.22. The molecule has 2 aromatic carbocycles. The Morgan fingerprint density at radius 3 is 1.83 bits per heavy atom. The molecule has 0 fully saturated rings. The predicted molar refractivity (Wildman–Crippen MR) is 87.7 cm³/mol. The third-order valence-electron chi connectivity index (χ3n) is 4.60. The molecule has 0 spiro atoms. The third kappa shape index (κ3) is 2.09. The van der Waals surface area contributed by atoms with Crippen LogP contribution in [0.3, 0.4) is 0 Å². The highest BCUT2D eigenvalue weighted by atomic mass is 19.1. The number of carbonyl (C=O) groups is 2. The van der Waals surface area contributed by atoms with E-state index in [4.69, 9.17) is 0 Å². The summed E-state index contributed by atoms with van der Waals surface area (Å²) in [4.78, 5) is 26.6. The summed E-state index contributed by atoms with van der Waals surface area (Å²) in [5.41, 5.74) is 4.27. The van der Waals surface area contributed by atoms with E-state index in [1.54, 1.807) is 32.9 Å². The Kier molecular flexibility index (Phi) is 3.36. The maximum Gasteiger partial charge on any atom is 0.269 e. The lowest BCUT2D eigenvalue weighted by molar-refractivity contribution is 0.0925. The van der Waals surface area contributed by atoms with E-state index >= 15 is 0 Å². The fraction of sp³-hybridized carbons (Fsp3) is 0.263. The molecule has 4 heteroatoms. The molecule has 0 unspecified atom stereocenters. The summed E-state index contributed by atoms with van der Waals surface area (Å²) in [6.45, 7) is 8.96. The minimum absolute atomic E-state index is 0.102. The summed E-state index contributed by atoms with van der Waals surface area (Å²) in [6.07, 6.45) is 0. The number of carbonyl (C=O) groups excluding carboxylic acids is 2. The van der Waals surface area contributed by atoms with Gasteiger partial charge in [0.05, 0.1) is 16.8 Å². The number of imide groups is 1. The molecule has 0 N–H and O–H groups in total. The van der Waals surface area contributed by atoms with Crippen LogP contribution < -0.4 is 4.90 Å². The smallest absolute Gasteiger partial charge is 0.268 e. The van der Waals surface area contributed by atoms with Gasteiger partial charge in [-0.25, -0.2) is 9.29 Å². The molecule has 0 bridgehead atoms. The van der Waals surface area contributed by atoms with Crippen molar-refractivity contribution in [3.05, 3.63) is 63.0 Å². The molecule has 118 valence electrons. The van der Waals surface area contributed by atoms with E-state index in [-0.39, 0.29) is 11.1 Å². The summed E-state index contributed by atoms with van der Waals surface area (Å²) >= 11 is 0. The lowest BCUT2D eigenvalue weighted by Gasteiger charge is -2.15. The quantitative estimate of drug-likeness (QED) is 0.741. The monoisotopic (exact) mass is 311 g/mol. The Morgan fingerprint density at radius 2 is 1.26 bits per heavy atom. The molecule has 1 aliphatic heterocycles. The zero-order valence-corrected chi connectivity index (χ0v) is 13.9. The summed E-state index contributed by atoms with van der Waals surface area (Å²) < 4.78 is 14.6. The molecule has 0 aromatic heterocycles. The summed E-state index contributed by atoms with van der Waals surface area (Å²) in [7, 11) is 0. The molecule has 23 heavy (non-hydrogen) atoms. The minimum Gasteiger partial charge on any atom is -0.268 e. The number of fused-ring (bicyclic) bond motifs is 1. The Labute approximate surface area is 134 Å². The van der Waals surface area contributed by atoms with Crippen LogP contribution in [-0.2, 0) is 0 Å². The second kappa shape index (κ2) is 5.01. The molecule has 0 saturated heterocycles. The lowest BCUT2D eigenvalue weighted by Crippen LogP contribution is -2.29. The number of hydrogen-bond acceptors (Lipinski definition) is 2. The Balaban J connectivity index is 2.26. The van der Waals surface area contributed by atoms with Crippen LogP contribution in [-0.4, -0.2) is 11.8 Å². The first-order valence-corrected chi connectivity index (χ1v) is 7.50. The van der Waals surface area contributed by atoms with Gasteiger partial charge in [-0.15, -0.1) is 0 Å². The van der Waals surface area contributed by atoms with E-state index in [0.29, 0.717) is 22.4 Å². The Hall–Kier alpha value is -2.49. The summed E-state index contributed by atoms with van der Waals surface area (Å²) in [5, 5.41) is 0. The van der Waals surface area contributed by atoms with E-state index < -0.39 is 17.6 Å². The van der Waals surface area contributed by atoms with Crippen LogP contribution >= 0.6 is 0 Å². The first-order valence-electron chi connectivity index (χ1n) is 7.50. The average Bonchev–Trinajstić information content (AvgIpc) is 2.73. The van der Waals surface area contributed by atoms with Gasteiger partial charge in [-0.1, -0.05) is 6.07 Å². The zero-order chi connectivity index (χ0) is 17.0. The predicted octanol–water partition coefficient (Wildman–Crippen LogP) is 4.17. The molecular weight excluding hydrogens is 293 g/mol. The normalized spacial score (nSPS) is 13.7. The van der Waals surface area contributed by atoms with Gasteiger partial charge >= 0.3 is 0 Å². The molecule has 0 radical (unpaired) electrons. The average molecular weight is 311 g/mol. The molecule has 2 aromatic rings. The topological polar surface area (TPSA) is 37.4 Å². The van der Waals surface area contributed by atoms with Gasteiger partial charge in [0.2, 0.25) is 0 Å². The molecule has 3 rings (SSSR count). The van der Waals surface area contributed by atoms with Crippen molar-refractivity contribution in [3.63, 3.8) is 0 Å². The second-order valence-electron chi connectivity index (χ2n) is 6.23. The van der Waals surface area contributed by atoms with Crippen LogP contribution in [0, 0.1) is 40.4 Å². The molecule has 3 nitrogen and oxygen atoms in total. The first-order chi connectivity index (χ1) is 10.7. The van der Waals surface area contributed by atoms with Crippen molar-refractivity contribution in [2.45, 2.75) is 34.6 Å². The number of nitrogens with zero attached hydrogens (tertiary/aromatic N) is 1. The molecule has 1 aliphatic rings. The van der Waals surface area contributed by atoms with Gasteiger partial charge in [0.15, 0.2) is 0 Å². The number of aryl methyl sites for hydroxylation is 2. The van der Waals surface area contributed by atoms with Gasteiger partial charge in [0, 0.05) is 0 Å². The molecule has 1 heterocycles. The number of halogens is 1. The lowest BCUT2D eigenvalue weighted by atomic mass is 9.94. The van der Waals surface area contributed by atoms with Crippen molar-refractivity contribution in [2.75, 3.05) is 4.90 Å². The van der Waals surface area contributed by atoms with Crippen molar-refractivity contribution < 1.29 is 14.0 Å². The highest BCUT2D eigenvalue weighted by Crippen LogP contribution is 2.35. The van der Waals surface area contributed by atoms with Crippen LogP contribution in [0.2, 0.25) is 0 Å². The SMILES string of the molecule is Cc1cc(C)cc(N2C(=O)c3c(C)c(C)c(C)c(F)c3C2=O)c1. The van der Waals surface area contributed by atoms with Crippen molar-refractivity contribution in [3.8, 4) is 0 Å². The fourth-order valence-electron chi connectivity index (χ4n) is 3.22. The first kappa shape index (κ1) is 15.4. The van der Waals surface area contributed by atoms with Gasteiger partial charge in [-0.2, -0.15) is 0 Å². The second-order valence-corrected chi connectivity index (χ2v) is 6.23. The van der Waals surface area contributed by atoms with E-state index in [1.807, 2.05) is 19.9 Å². The largest absolute Gasteiger partial charge is 0.269 e. The molecule has 0 saturated carbocycles. The number of anilines is 1. The third-order valence-corrected chi connectivity index (χ3v) is 4.60. The number of rotatable bonds is 1. The minimum atomic E-state index is -0.590. The van der Waals surface area contributed by atoms with Gasteiger partial charge in [-0.05, 0) is 74.6 Å². The van der Waals surface area contributed by atoms with Crippen LogP contribution in [0.4, 0.5) is 10.1 Å². The van der Waals surface area contributed by atoms with Gasteiger partial charge in [-0.3, -0.25) is 9.59 Å². The van der Waals surface area contributed by atoms with Crippen molar-refractivity contribution in [2.24, 2.45) is 0 Å². The van der Waals surface area contributed by atoms with Crippen LogP contribution in [0.15, 0.2) is 18.2 Å². The Morgan fingerprint density at radius 1 is 0.739 bits per heavy atom. The van der Waals surface area contributed by atoms with Gasteiger partial charge in [0.25, 0.3) is 11.8 Å². The van der Waals surface area contributed by atoms with E-state index in [1.165, 1.54) is 0 Å². The molecule has 2 amide bonds. The summed E-state index contributed by atoms with van der Waals surface area (Å²) in [6, 6.07) is 5.49. The van der Waals surface area contributed by atoms with Crippen molar-refractivity contribution in [1.82, 2.24) is 0 Å². The Bertz CT molecular complexity index is 816. The van der Waals surface area contributed by atoms with Gasteiger partial charge in [0.1, 0.15) is 5.82 Å². The number of hydrogen-bond donors (Lipinski definition) is 0. The van der Waals surface area contributed by atoms with Crippen molar-refractivity contribution >= 4 is 17.5 Å². The van der Waals surface area contributed by atoms with Crippen LogP contribution in [0.1, 0.15) is 48.5 Å². The number of benzene rings is 2. The maximum absolute atomic E-state index is 14.6. The van der Waals surface area contributed by atoms with Crippen molar-refractivity contribution in [1.29, 1.82) is 0 Å². The molecule has 0 aliphatic carbocycles. The zero-order valence-electron chi connectivity index (χ0n) is 13.9. The standard InChI is InChI=1S/C19H18FNO2/c1-9-6-10(2)8-14(7-9)21-18(22)15-12(4)11(3)13(5)17(20)16(15)19(21)23/h6-8H,1-5H3. The van der Waals surface area contributed by atoms with Gasteiger partial charge < -0.3 is 0 Å². The van der Waals surface area contributed by atoms with Crippen LogP contribution in [0.25, 0.3) is 0 Å². The van der Waals surface area contributed by atoms with E-state index in [9.17, 15) is 14.0 Å². The highest BCUT2D eigenvalue weighted by molar-refractivity contribution is 6.35. The van der Waals surface area contributed by atoms with Crippen LogP contribution in [0.5, 0.6) is 0 Å². The summed E-state index contributed by atoms with van der Waals surface area (Å²) in [5.74, 6) is -1.62. The van der Waals surface area contributed by atoms with E-state index in [2.05, 4.69) is 0 Å². The molecular formula is C19H18FNO2.